The Bertz CT molecular complexity index is 789. The monoisotopic (exact) mass is 366 g/mol. The maximum atomic E-state index is 6.80. The van der Waals surface area contributed by atoms with E-state index in [0.717, 1.165) is 28.0 Å². The van der Waals surface area contributed by atoms with Gasteiger partial charge in [-0.15, -0.1) is 0 Å². The molecule has 0 radical (unpaired) electrons. The van der Waals surface area contributed by atoms with Crippen LogP contribution in [-0.2, 0) is 16.2 Å². The molecule has 0 aliphatic heterocycles. The summed E-state index contributed by atoms with van der Waals surface area (Å²) in [5, 5.41) is 2.26. The summed E-state index contributed by atoms with van der Waals surface area (Å²) in [6.07, 6.45) is 0. The zero-order valence-corrected chi connectivity index (χ0v) is 17.7. The van der Waals surface area contributed by atoms with Gasteiger partial charge in [-0.2, -0.15) is 0 Å². The van der Waals surface area contributed by atoms with E-state index in [1.54, 1.807) is 0 Å². The Morgan fingerprint density at radius 3 is 1.71 bits per heavy atom. The summed E-state index contributed by atoms with van der Waals surface area (Å²) in [4.78, 5) is 9.72. The first-order valence-corrected chi connectivity index (χ1v) is 9.11. The fourth-order valence-electron chi connectivity index (χ4n) is 2.79. The average Bonchev–Trinajstić information content (AvgIpc) is 2.33. The minimum atomic E-state index is -0.156. The van der Waals surface area contributed by atoms with Crippen molar-refractivity contribution < 1.29 is 0 Å². The van der Waals surface area contributed by atoms with E-state index in [1.165, 1.54) is 0 Å². The molecule has 0 atom stereocenters. The smallest absolute Gasteiger partial charge is 0.134 e. The number of benzene rings is 1. The fraction of sp³-hybridized carbons (Fsp3) is 0.600. The third kappa shape index (κ3) is 3.55. The molecule has 0 amide bonds. The number of hydrogen-bond donors (Lipinski definition) is 0. The Morgan fingerprint density at radius 1 is 0.750 bits per heavy atom. The molecular formula is C20H28Cl2N2. The van der Waals surface area contributed by atoms with Gasteiger partial charge in [0.05, 0.1) is 16.2 Å². The highest BCUT2D eigenvalue weighted by molar-refractivity contribution is 6.40. The van der Waals surface area contributed by atoms with Crippen LogP contribution >= 0.6 is 23.2 Å². The lowest BCUT2D eigenvalue weighted by Crippen LogP contribution is -2.23. The van der Waals surface area contributed by atoms with E-state index in [4.69, 9.17) is 33.2 Å². The summed E-state index contributed by atoms with van der Waals surface area (Å²) in [5.74, 6) is 0.809. The quantitative estimate of drug-likeness (QED) is 0.510. The van der Waals surface area contributed by atoms with E-state index >= 15 is 0 Å². The zero-order valence-electron chi connectivity index (χ0n) is 16.2. The third-order valence-corrected chi connectivity index (χ3v) is 4.68. The number of rotatable bonds is 0. The third-order valence-electron chi connectivity index (χ3n) is 4.01. The molecule has 0 fully saturated rings. The van der Waals surface area contributed by atoms with Crippen LogP contribution in [0.4, 0.5) is 0 Å². The summed E-state index contributed by atoms with van der Waals surface area (Å²) < 4.78 is 0. The molecule has 0 N–H and O–H groups in total. The van der Waals surface area contributed by atoms with E-state index in [0.29, 0.717) is 10.0 Å². The summed E-state index contributed by atoms with van der Waals surface area (Å²) in [6.45, 7) is 19.2. The predicted octanol–water partition coefficient (Wildman–Crippen LogP) is 6.83. The van der Waals surface area contributed by atoms with Gasteiger partial charge in [0.15, 0.2) is 0 Å². The average molecular weight is 367 g/mol. The van der Waals surface area contributed by atoms with Gasteiger partial charge >= 0.3 is 0 Å². The van der Waals surface area contributed by atoms with Gasteiger partial charge in [0.2, 0.25) is 0 Å². The van der Waals surface area contributed by atoms with Crippen molar-refractivity contribution in [2.75, 3.05) is 0 Å². The number of halogens is 2. The van der Waals surface area contributed by atoms with Crippen LogP contribution in [0.3, 0.4) is 0 Å². The molecule has 0 saturated heterocycles. The van der Waals surface area contributed by atoms with E-state index < -0.39 is 0 Å². The highest BCUT2D eigenvalue weighted by Crippen LogP contribution is 2.42. The lowest BCUT2D eigenvalue weighted by Gasteiger charge is -2.27. The normalized spacial score (nSPS) is 13.6. The molecule has 2 rings (SSSR count). The predicted molar refractivity (Wildman–Crippen MR) is 106 cm³/mol. The molecule has 0 saturated carbocycles. The van der Waals surface area contributed by atoms with Crippen LogP contribution in [0.5, 0.6) is 0 Å². The van der Waals surface area contributed by atoms with Crippen molar-refractivity contribution in [3.05, 3.63) is 33.2 Å². The molecule has 0 aliphatic carbocycles. The molecule has 132 valence electrons. The summed E-state index contributed by atoms with van der Waals surface area (Å²) in [6, 6.07) is 1.98. The lowest BCUT2D eigenvalue weighted by atomic mass is 9.83. The van der Waals surface area contributed by atoms with Crippen LogP contribution in [0.15, 0.2) is 6.07 Å². The molecule has 1 aromatic carbocycles. The van der Waals surface area contributed by atoms with E-state index in [9.17, 15) is 0 Å². The van der Waals surface area contributed by atoms with E-state index in [2.05, 4.69) is 62.3 Å². The number of fused-ring (bicyclic) bond motifs is 1. The van der Waals surface area contributed by atoms with Crippen LogP contribution in [-0.4, -0.2) is 9.97 Å². The first-order chi connectivity index (χ1) is 10.6. The molecule has 1 aromatic heterocycles. The van der Waals surface area contributed by atoms with Gasteiger partial charge in [-0.1, -0.05) is 85.5 Å². The van der Waals surface area contributed by atoms with Crippen molar-refractivity contribution in [2.45, 2.75) is 78.6 Å². The topological polar surface area (TPSA) is 25.8 Å². The van der Waals surface area contributed by atoms with E-state index in [-0.39, 0.29) is 16.2 Å². The number of nitrogens with zero attached hydrogens (tertiary/aromatic N) is 2. The van der Waals surface area contributed by atoms with Crippen LogP contribution in [0.1, 0.15) is 79.4 Å². The highest BCUT2D eigenvalue weighted by Gasteiger charge is 2.29. The zero-order chi connectivity index (χ0) is 18.7. The standard InChI is InChI=1S/C20H28Cl2N2/c1-18(2,3)13-12(21)10-11-15(14(13)22)23-17(20(7,8)9)24-16(11)19(4,5)6/h10H,1-9H3. The maximum Gasteiger partial charge on any atom is 0.134 e. The van der Waals surface area contributed by atoms with Gasteiger partial charge in [0.1, 0.15) is 5.82 Å². The van der Waals surface area contributed by atoms with Crippen molar-refractivity contribution in [1.82, 2.24) is 9.97 Å². The lowest BCUT2D eigenvalue weighted by molar-refractivity contribution is 0.520. The summed E-state index contributed by atoms with van der Waals surface area (Å²) in [5.41, 5.74) is 2.29. The van der Waals surface area contributed by atoms with Crippen LogP contribution < -0.4 is 0 Å². The number of aromatic nitrogens is 2. The van der Waals surface area contributed by atoms with Gasteiger partial charge in [0, 0.05) is 21.2 Å². The van der Waals surface area contributed by atoms with E-state index in [1.807, 2.05) is 6.07 Å². The van der Waals surface area contributed by atoms with Crippen LogP contribution in [0.2, 0.25) is 10.0 Å². The molecule has 2 aromatic rings. The van der Waals surface area contributed by atoms with Crippen molar-refractivity contribution in [1.29, 1.82) is 0 Å². The van der Waals surface area contributed by atoms with Crippen LogP contribution in [0.25, 0.3) is 10.9 Å². The minimum Gasteiger partial charge on any atom is -0.236 e. The molecule has 24 heavy (non-hydrogen) atoms. The second-order valence-corrected chi connectivity index (χ2v) is 10.4. The largest absolute Gasteiger partial charge is 0.236 e. The molecule has 0 unspecified atom stereocenters. The molecule has 0 bridgehead atoms. The Morgan fingerprint density at radius 2 is 1.29 bits per heavy atom. The van der Waals surface area contributed by atoms with Crippen molar-refractivity contribution in [3.8, 4) is 0 Å². The fourth-order valence-corrected chi connectivity index (χ4v) is 3.85. The minimum absolute atomic E-state index is 0.128. The maximum absolute atomic E-state index is 6.80. The Balaban J connectivity index is 3.03. The molecule has 1 heterocycles. The summed E-state index contributed by atoms with van der Waals surface area (Å²) >= 11 is 13.4. The van der Waals surface area contributed by atoms with Gasteiger partial charge < -0.3 is 0 Å². The Kier molecular flexibility index (Phi) is 4.74. The SMILES string of the molecule is CC(C)(C)c1nc(C(C)(C)C)c2cc(Cl)c(C(C)(C)C)c(Cl)c2n1. The van der Waals surface area contributed by atoms with Gasteiger partial charge in [-0.25, -0.2) is 9.97 Å². The Hall–Kier alpha value is -0.860. The van der Waals surface area contributed by atoms with Crippen molar-refractivity contribution >= 4 is 34.1 Å². The highest BCUT2D eigenvalue weighted by atomic mass is 35.5. The first kappa shape index (κ1) is 19.5. The Labute approximate surface area is 156 Å². The van der Waals surface area contributed by atoms with Crippen molar-refractivity contribution in [3.63, 3.8) is 0 Å². The van der Waals surface area contributed by atoms with Crippen LogP contribution in [0, 0.1) is 0 Å². The second kappa shape index (κ2) is 5.85. The number of hydrogen-bond acceptors (Lipinski definition) is 2. The molecular weight excluding hydrogens is 339 g/mol. The molecule has 2 nitrogen and oxygen atoms in total. The molecule has 0 spiro atoms. The first-order valence-electron chi connectivity index (χ1n) is 8.35. The van der Waals surface area contributed by atoms with Gasteiger partial charge in [0.25, 0.3) is 0 Å². The summed E-state index contributed by atoms with van der Waals surface area (Å²) in [7, 11) is 0. The second-order valence-electron chi connectivity index (χ2n) is 9.59. The molecule has 0 aliphatic rings. The van der Waals surface area contributed by atoms with Gasteiger partial charge in [-0.05, 0) is 17.0 Å². The van der Waals surface area contributed by atoms with Crippen molar-refractivity contribution in [2.24, 2.45) is 0 Å². The molecule has 4 heteroatoms. The van der Waals surface area contributed by atoms with Gasteiger partial charge in [-0.3, -0.25) is 0 Å².